The maximum Gasteiger partial charge on any atom is 0.0619 e. The molecule has 0 amide bonds. The third-order valence-electron chi connectivity index (χ3n) is 1.73. The van der Waals surface area contributed by atoms with Crippen molar-refractivity contribution in [3.63, 3.8) is 0 Å². The van der Waals surface area contributed by atoms with Gasteiger partial charge in [-0.15, -0.1) is 0 Å². The Morgan fingerprint density at radius 2 is 2.15 bits per heavy atom. The Morgan fingerprint density at radius 3 is 2.77 bits per heavy atom. The smallest absolute Gasteiger partial charge is 0.0619 e. The van der Waals surface area contributed by atoms with Gasteiger partial charge in [0, 0.05) is 15.5 Å². The molecule has 1 heterocycles. The lowest BCUT2D eigenvalue weighted by Crippen LogP contribution is -2.09. The number of halogens is 2. The van der Waals surface area contributed by atoms with Crippen LogP contribution in [0.3, 0.4) is 0 Å². The average molecular weight is 321 g/mol. The molecule has 0 unspecified atom stereocenters. The van der Waals surface area contributed by atoms with Gasteiger partial charge in [0.2, 0.25) is 0 Å². The second-order valence-corrected chi connectivity index (χ2v) is 5.33. The average Bonchev–Trinajstić information content (AvgIpc) is 2.56. The summed E-state index contributed by atoms with van der Waals surface area (Å²) >= 11 is 8.70. The number of benzene rings is 1. The summed E-state index contributed by atoms with van der Waals surface area (Å²) in [6, 6.07) is 6.22. The van der Waals surface area contributed by atoms with Crippen LogP contribution in [0.1, 0.15) is 0 Å². The van der Waals surface area contributed by atoms with E-state index in [0.717, 1.165) is 15.5 Å². The predicted molar refractivity (Wildman–Crippen MR) is 65.9 cm³/mol. The van der Waals surface area contributed by atoms with E-state index in [4.69, 9.17) is 0 Å². The van der Waals surface area contributed by atoms with Crippen molar-refractivity contribution < 1.29 is 0 Å². The normalized spacial score (nSPS) is 15.4. The van der Waals surface area contributed by atoms with Gasteiger partial charge >= 0.3 is 0 Å². The molecule has 0 spiro atoms. The van der Waals surface area contributed by atoms with Crippen molar-refractivity contribution in [2.45, 2.75) is 0 Å². The highest BCUT2D eigenvalue weighted by molar-refractivity contribution is 9.11. The van der Waals surface area contributed by atoms with E-state index in [0.29, 0.717) is 0 Å². The van der Waals surface area contributed by atoms with Gasteiger partial charge in [0.05, 0.1) is 5.69 Å². The Bertz CT molecular complexity index is 343. The molecule has 1 aromatic carbocycles. The van der Waals surface area contributed by atoms with Gasteiger partial charge in [-0.2, -0.15) is 0 Å². The Hall–Kier alpha value is 0.0700. The van der Waals surface area contributed by atoms with Crippen LogP contribution in [0, 0.1) is 0 Å². The fourth-order valence-electron chi connectivity index (χ4n) is 1.14. The summed E-state index contributed by atoms with van der Waals surface area (Å²) in [6.07, 6.45) is 2.15. The third-order valence-corrected chi connectivity index (χ3v) is 3.78. The first kappa shape index (κ1) is 9.62. The summed E-state index contributed by atoms with van der Waals surface area (Å²) in [6.45, 7) is 0.977. The molecule has 1 aliphatic heterocycles. The molecule has 0 N–H and O–H groups in total. The van der Waals surface area contributed by atoms with Crippen LogP contribution < -0.4 is 4.31 Å². The Labute approximate surface area is 98.6 Å². The Morgan fingerprint density at radius 1 is 1.31 bits per heavy atom. The number of hydrogen-bond acceptors (Lipinski definition) is 2. The van der Waals surface area contributed by atoms with E-state index in [9.17, 15) is 0 Å². The van der Waals surface area contributed by atoms with Crippen LogP contribution in [0.5, 0.6) is 0 Å². The highest BCUT2D eigenvalue weighted by Crippen LogP contribution is 2.35. The van der Waals surface area contributed by atoms with Gasteiger partial charge in [-0.05, 0) is 51.5 Å². The van der Waals surface area contributed by atoms with Crippen molar-refractivity contribution in [1.82, 2.24) is 0 Å². The molecule has 0 atom stereocenters. The van der Waals surface area contributed by atoms with Crippen molar-refractivity contribution in [1.29, 1.82) is 0 Å². The third kappa shape index (κ3) is 2.11. The van der Waals surface area contributed by atoms with Gasteiger partial charge in [-0.1, -0.05) is 22.0 Å². The van der Waals surface area contributed by atoms with E-state index < -0.39 is 0 Å². The van der Waals surface area contributed by atoms with E-state index in [2.05, 4.69) is 65.8 Å². The SMILES string of the molecule is Brc1ccc(N2CC=CS2)c(Br)c1. The van der Waals surface area contributed by atoms with Crippen molar-refractivity contribution in [3.8, 4) is 0 Å². The van der Waals surface area contributed by atoms with Gasteiger partial charge in [-0.3, -0.25) is 0 Å². The molecule has 0 radical (unpaired) electrons. The fraction of sp³-hybridized carbons (Fsp3) is 0.111. The minimum Gasteiger partial charge on any atom is -0.308 e. The Balaban J connectivity index is 2.30. The molecule has 13 heavy (non-hydrogen) atoms. The van der Waals surface area contributed by atoms with Gasteiger partial charge in [0.25, 0.3) is 0 Å². The van der Waals surface area contributed by atoms with E-state index in [-0.39, 0.29) is 0 Å². The lowest BCUT2D eigenvalue weighted by molar-refractivity contribution is 1.22. The molecule has 0 saturated carbocycles. The predicted octanol–water partition coefficient (Wildman–Crippen LogP) is 4.19. The zero-order valence-electron chi connectivity index (χ0n) is 6.71. The topological polar surface area (TPSA) is 3.24 Å². The fourth-order valence-corrected chi connectivity index (χ4v) is 3.28. The van der Waals surface area contributed by atoms with E-state index in [1.807, 2.05) is 0 Å². The first-order valence-corrected chi connectivity index (χ1v) is 6.24. The summed E-state index contributed by atoms with van der Waals surface area (Å²) in [5, 5.41) is 2.11. The van der Waals surface area contributed by atoms with Crippen molar-refractivity contribution in [2.24, 2.45) is 0 Å². The highest BCUT2D eigenvalue weighted by atomic mass is 79.9. The first-order valence-electron chi connectivity index (χ1n) is 3.82. The number of nitrogens with zero attached hydrogens (tertiary/aromatic N) is 1. The summed E-state index contributed by atoms with van der Waals surface area (Å²) in [7, 11) is 0. The molecule has 2 rings (SSSR count). The van der Waals surface area contributed by atoms with E-state index >= 15 is 0 Å². The molecule has 0 bridgehead atoms. The summed E-state index contributed by atoms with van der Waals surface area (Å²) in [5.41, 5.74) is 1.22. The van der Waals surface area contributed by atoms with Crippen LogP contribution in [0.15, 0.2) is 38.6 Å². The van der Waals surface area contributed by atoms with E-state index in [1.165, 1.54) is 5.69 Å². The molecule has 1 aliphatic rings. The first-order chi connectivity index (χ1) is 6.27. The maximum absolute atomic E-state index is 3.54. The van der Waals surface area contributed by atoms with Crippen LogP contribution in [-0.4, -0.2) is 6.54 Å². The lowest BCUT2D eigenvalue weighted by atomic mass is 10.3. The quantitative estimate of drug-likeness (QED) is 0.714. The van der Waals surface area contributed by atoms with Crippen molar-refractivity contribution >= 4 is 49.5 Å². The summed E-state index contributed by atoms with van der Waals surface area (Å²) in [5.74, 6) is 0. The summed E-state index contributed by atoms with van der Waals surface area (Å²) in [4.78, 5) is 0. The second-order valence-electron chi connectivity index (χ2n) is 2.63. The van der Waals surface area contributed by atoms with Crippen molar-refractivity contribution in [2.75, 3.05) is 10.8 Å². The molecular weight excluding hydrogens is 314 g/mol. The zero-order chi connectivity index (χ0) is 9.26. The van der Waals surface area contributed by atoms with Crippen LogP contribution in [0.25, 0.3) is 0 Å². The van der Waals surface area contributed by atoms with Crippen LogP contribution in [0.4, 0.5) is 5.69 Å². The molecule has 1 aromatic rings. The molecule has 0 saturated heterocycles. The zero-order valence-corrected chi connectivity index (χ0v) is 10.7. The maximum atomic E-state index is 3.54. The molecule has 68 valence electrons. The molecular formula is C9H7Br2NS. The largest absolute Gasteiger partial charge is 0.308 e. The van der Waals surface area contributed by atoms with E-state index in [1.54, 1.807) is 11.9 Å². The molecule has 1 nitrogen and oxygen atoms in total. The van der Waals surface area contributed by atoms with Crippen molar-refractivity contribution in [3.05, 3.63) is 38.6 Å². The van der Waals surface area contributed by atoms with Gasteiger partial charge in [0.15, 0.2) is 0 Å². The van der Waals surface area contributed by atoms with Crippen LogP contribution >= 0.6 is 43.8 Å². The lowest BCUT2D eigenvalue weighted by Gasteiger charge is -2.17. The van der Waals surface area contributed by atoms with Crippen LogP contribution in [-0.2, 0) is 0 Å². The number of hydrogen-bond donors (Lipinski definition) is 0. The van der Waals surface area contributed by atoms with Gasteiger partial charge < -0.3 is 4.31 Å². The minimum atomic E-state index is 0.977. The minimum absolute atomic E-state index is 0.977. The van der Waals surface area contributed by atoms with Gasteiger partial charge in [-0.25, -0.2) is 0 Å². The number of anilines is 1. The molecule has 4 heteroatoms. The molecule has 0 fully saturated rings. The standard InChI is InChI=1S/C9H7Br2NS/c10-7-2-3-9(8(11)6-7)12-4-1-5-13-12/h1-3,5-6H,4H2. The van der Waals surface area contributed by atoms with Crippen LogP contribution in [0.2, 0.25) is 0 Å². The summed E-state index contributed by atoms with van der Waals surface area (Å²) < 4.78 is 4.45. The second kappa shape index (κ2) is 4.07. The Kier molecular flexibility index (Phi) is 3.01. The number of rotatable bonds is 1. The molecule has 0 aromatic heterocycles. The van der Waals surface area contributed by atoms with Gasteiger partial charge in [0.1, 0.15) is 0 Å². The highest BCUT2D eigenvalue weighted by Gasteiger charge is 2.11. The molecule has 0 aliphatic carbocycles. The monoisotopic (exact) mass is 319 g/mol.